The number of fused-ring (bicyclic) bond motifs is 1. The highest BCUT2D eigenvalue weighted by molar-refractivity contribution is 8.06. The van der Waals surface area contributed by atoms with Crippen molar-refractivity contribution in [1.29, 1.82) is 0 Å². The van der Waals surface area contributed by atoms with Gasteiger partial charge in [-0.3, -0.25) is 9.25 Å². The molecule has 2 aromatic rings. The predicted molar refractivity (Wildman–Crippen MR) is 88.5 cm³/mol. The second-order valence-corrected chi connectivity index (χ2v) is 7.70. The molecule has 110 valence electrons. The largest absolute Gasteiger partial charge is 0.369 e. The molecule has 2 N–H and O–H groups in total. The topological polar surface area (TPSA) is 61.7 Å². The molecule has 0 spiro atoms. The van der Waals surface area contributed by atoms with Crippen LogP contribution in [0.2, 0.25) is 0 Å². The van der Waals surface area contributed by atoms with Gasteiger partial charge in [0.25, 0.3) is 0 Å². The Morgan fingerprint density at radius 1 is 1.40 bits per heavy atom. The van der Waals surface area contributed by atoms with Crippen molar-refractivity contribution in [2.75, 3.05) is 23.0 Å². The van der Waals surface area contributed by atoms with Crippen molar-refractivity contribution in [3.8, 4) is 0 Å². The molecular formula is C13H21N5S2. The Balaban J connectivity index is 1.95. The molecule has 5 nitrogen and oxygen atoms in total. The molecule has 1 saturated heterocycles. The number of aryl methyl sites for hydroxylation is 2. The number of nitrogens with zero attached hydrogens (tertiary/aromatic N) is 4. The molecule has 1 aliphatic rings. The summed E-state index contributed by atoms with van der Waals surface area (Å²) in [6, 6.07) is 0. The number of hydrogen-bond donors (Lipinski definition) is 1. The lowest BCUT2D eigenvalue weighted by Gasteiger charge is -2.21. The molecule has 0 aliphatic carbocycles. The maximum atomic E-state index is 6.14. The molecule has 1 aliphatic heterocycles. The lowest BCUT2D eigenvalue weighted by Crippen LogP contribution is -2.22. The number of rotatable bonds is 4. The van der Waals surface area contributed by atoms with Gasteiger partial charge in [0, 0.05) is 36.1 Å². The Morgan fingerprint density at radius 2 is 2.25 bits per heavy atom. The molecule has 0 radical (unpaired) electrons. The van der Waals surface area contributed by atoms with Gasteiger partial charge >= 0.3 is 0 Å². The highest BCUT2D eigenvalue weighted by atomic mass is 32.2. The van der Waals surface area contributed by atoms with Gasteiger partial charge in [-0.05, 0) is 6.42 Å². The zero-order chi connectivity index (χ0) is 14.1. The summed E-state index contributed by atoms with van der Waals surface area (Å²) < 4.78 is 4.08. The summed E-state index contributed by atoms with van der Waals surface area (Å²) in [5.41, 5.74) is 9.27. The van der Waals surface area contributed by atoms with E-state index in [1.807, 2.05) is 35.3 Å². The van der Waals surface area contributed by atoms with Gasteiger partial charge in [-0.1, -0.05) is 13.3 Å². The summed E-state index contributed by atoms with van der Waals surface area (Å²) in [6.07, 6.45) is 2.04. The summed E-state index contributed by atoms with van der Waals surface area (Å²) in [5, 5.41) is 5.22. The van der Waals surface area contributed by atoms with Crippen LogP contribution >= 0.6 is 23.5 Å². The van der Waals surface area contributed by atoms with Gasteiger partial charge < -0.3 is 5.73 Å². The second-order valence-electron chi connectivity index (χ2n) is 5.14. The molecule has 20 heavy (non-hydrogen) atoms. The van der Waals surface area contributed by atoms with Gasteiger partial charge in [0.1, 0.15) is 5.52 Å². The van der Waals surface area contributed by atoms with Crippen molar-refractivity contribution in [1.82, 2.24) is 19.3 Å². The van der Waals surface area contributed by atoms with E-state index in [4.69, 9.17) is 5.73 Å². The quantitative estimate of drug-likeness (QED) is 0.937. The van der Waals surface area contributed by atoms with Crippen LogP contribution in [0.15, 0.2) is 0 Å². The monoisotopic (exact) mass is 311 g/mol. The molecule has 3 heterocycles. The zero-order valence-corrected chi connectivity index (χ0v) is 13.6. The van der Waals surface area contributed by atoms with E-state index in [9.17, 15) is 0 Å². The van der Waals surface area contributed by atoms with Gasteiger partial charge in [0.05, 0.1) is 5.69 Å². The zero-order valence-electron chi connectivity index (χ0n) is 12.0. The van der Waals surface area contributed by atoms with Crippen LogP contribution in [0.25, 0.3) is 11.2 Å². The van der Waals surface area contributed by atoms with Crippen LogP contribution in [0.4, 0.5) is 5.95 Å². The fourth-order valence-corrected chi connectivity index (χ4v) is 5.34. The molecule has 1 fully saturated rings. The third-order valence-corrected chi connectivity index (χ3v) is 6.41. The standard InChI is InChI=1S/C13H21N5S2/c1-3-4-10-11-12(17(2)16-10)18(13(14)15-11)7-9-8-19-5-6-20-9/h9H,3-8H2,1-2H3,(H2,14,15). The van der Waals surface area contributed by atoms with Crippen LogP contribution in [-0.2, 0) is 20.0 Å². The fourth-order valence-electron chi connectivity index (χ4n) is 2.69. The SMILES string of the molecule is CCCc1nn(C)c2c1nc(N)n2CC1CSCCS1. The van der Waals surface area contributed by atoms with E-state index in [0.717, 1.165) is 36.2 Å². The Kier molecular flexibility index (Phi) is 4.16. The predicted octanol–water partition coefficient (Wildman–Crippen LogP) is 2.15. The highest BCUT2D eigenvalue weighted by Crippen LogP contribution is 2.28. The summed E-state index contributed by atoms with van der Waals surface area (Å²) >= 11 is 4.08. The van der Waals surface area contributed by atoms with Crippen LogP contribution in [0.3, 0.4) is 0 Å². The van der Waals surface area contributed by atoms with Crippen molar-refractivity contribution in [3.05, 3.63) is 5.69 Å². The van der Waals surface area contributed by atoms with Crippen LogP contribution in [0.1, 0.15) is 19.0 Å². The minimum absolute atomic E-state index is 0.623. The molecular weight excluding hydrogens is 290 g/mol. The number of nitrogens with two attached hydrogens (primary N) is 1. The Hall–Kier alpha value is -0.820. The summed E-state index contributed by atoms with van der Waals surface area (Å²) in [6.45, 7) is 3.10. The van der Waals surface area contributed by atoms with Crippen molar-refractivity contribution >= 4 is 40.6 Å². The van der Waals surface area contributed by atoms with E-state index in [1.165, 1.54) is 17.3 Å². The fraction of sp³-hybridized carbons (Fsp3) is 0.692. The van der Waals surface area contributed by atoms with Crippen molar-refractivity contribution in [2.45, 2.75) is 31.6 Å². The average molecular weight is 311 g/mol. The number of thioether (sulfide) groups is 2. The van der Waals surface area contributed by atoms with Gasteiger partial charge in [-0.2, -0.15) is 28.6 Å². The van der Waals surface area contributed by atoms with Gasteiger partial charge in [-0.15, -0.1) is 0 Å². The lowest BCUT2D eigenvalue weighted by molar-refractivity contribution is 0.673. The van der Waals surface area contributed by atoms with E-state index < -0.39 is 0 Å². The average Bonchev–Trinajstić information content (AvgIpc) is 2.91. The highest BCUT2D eigenvalue weighted by Gasteiger charge is 2.21. The first-order valence-electron chi connectivity index (χ1n) is 7.07. The van der Waals surface area contributed by atoms with E-state index in [0.29, 0.717) is 11.2 Å². The smallest absolute Gasteiger partial charge is 0.202 e. The molecule has 1 atom stereocenters. The molecule has 2 aromatic heterocycles. The molecule has 0 amide bonds. The van der Waals surface area contributed by atoms with Gasteiger partial charge in [-0.25, -0.2) is 4.98 Å². The third kappa shape index (κ3) is 2.53. The first-order chi connectivity index (χ1) is 9.70. The minimum atomic E-state index is 0.623. The molecule has 0 bridgehead atoms. The molecule has 0 aromatic carbocycles. The van der Waals surface area contributed by atoms with Crippen molar-refractivity contribution < 1.29 is 0 Å². The summed E-state index contributed by atoms with van der Waals surface area (Å²) in [7, 11) is 1.99. The Morgan fingerprint density at radius 3 is 2.95 bits per heavy atom. The lowest BCUT2D eigenvalue weighted by atomic mass is 10.2. The minimum Gasteiger partial charge on any atom is -0.369 e. The number of hydrogen-bond acceptors (Lipinski definition) is 5. The first-order valence-corrected chi connectivity index (χ1v) is 9.28. The maximum Gasteiger partial charge on any atom is 0.202 e. The Bertz CT molecular complexity index is 597. The van der Waals surface area contributed by atoms with Crippen molar-refractivity contribution in [3.63, 3.8) is 0 Å². The van der Waals surface area contributed by atoms with Crippen LogP contribution in [0.5, 0.6) is 0 Å². The van der Waals surface area contributed by atoms with Crippen molar-refractivity contribution in [2.24, 2.45) is 7.05 Å². The normalized spacial score (nSPS) is 19.8. The molecule has 7 heteroatoms. The second kappa shape index (κ2) is 5.89. The first kappa shape index (κ1) is 14.1. The van der Waals surface area contributed by atoms with Gasteiger partial charge in [0.15, 0.2) is 5.65 Å². The van der Waals surface area contributed by atoms with Gasteiger partial charge in [0.2, 0.25) is 5.95 Å². The van der Waals surface area contributed by atoms with Crippen LogP contribution in [-0.4, -0.2) is 41.8 Å². The number of imidazole rings is 1. The number of nitrogen functional groups attached to an aromatic ring is 1. The van der Waals surface area contributed by atoms with Crippen LogP contribution < -0.4 is 5.73 Å². The summed E-state index contributed by atoms with van der Waals surface area (Å²) in [5.74, 6) is 4.33. The van der Waals surface area contributed by atoms with E-state index in [1.54, 1.807) is 0 Å². The van der Waals surface area contributed by atoms with E-state index >= 15 is 0 Å². The third-order valence-electron chi connectivity index (χ3n) is 3.58. The summed E-state index contributed by atoms with van der Waals surface area (Å²) in [4.78, 5) is 4.56. The van der Waals surface area contributed by atoms with Crippen LogP contribution in [0, 0.1) is 0 Å². The molecule has 0 saturated carbocycles. The number of aromatic nitrogens is 4. The van der Waals surface area contributed by atoms with E-state index in [2.05, 4.69) is 21.6 Å². The van der Waals surface area contributed by atoms with E-state index in [-0.39, 0.29) is 0 Å². The molecule has 3 rings (SSSR count). The number of anilines is 1. The Labute approximate surface area is 127 Å². The maximum absolute atomic E-state index is 6.14. The molecule has 1 unspecified atom stereocenters.